The lowest BCUT2D eigenvalue weighted by atomic mass is 10.1. The predicted molar refractivity (Wildman–Crippen MR) is 134 cm³/mol. The molecule has 0 aliphatic heterocycles. The van der Waals surface area contributed by atoms with Crippen LogP contribution in [0.5, 0.6) is 0 Å². The summed E-state index contributed by atoms with van der Waals surface area (Å²) in [5.41, 5.74) is 4.82. The molecule has 0 amide bonds. The van der Waals surface area contributed by atoms with Crippen LogP contribution in [0.1, 0.15) is 34.2 Å². The van der Waals surface area contributed by atoms with Gasteiger partial charge in [0.2, 0.25) is 5.13 Å². The summed E-state index contributed by atoms with van der Waals surface area (Å²) in [5.74, 6) is 0.0808. The van der Waals surface area contributed by atoms with E-state index in [1.807, 2.05) is 69.3 Å². The number of aromatic nitrogens is 3. The fourth-order valence-electron chi connectivity index (χ4n) is 3.53. The highest BCUT2D eigenvalue weighted by molar-refractivity contribution is 8.02. The molecule has 4 aromatic rings. The molecule has 0 aliphatic rings. The van der Waals surface area contributed by atoms with Crippen molar-refractivity contribution in [1.82, 2.24) is 14.8 Å². The number of hydrogen-bond donors (Lipinski definition) is 1. The lowest BCUT2D eigenvalue weighted by Crippen LogP contribution is -2.14. The van der Waals surface area contributed by atoms with Crippen molar-refractivity contribution in [1.29, 1.82) is 0 Å². The largest absolute Gasteiger partial charge is 0.356 e. The van der Waals surface area contributed by atoms with Crippen molar-refractivity contribution in [2.24, 2.45) is 0 Å². The van der Waals surface area contributed by atoms with Gasteiger partial charge in [-0.2, -0.15) is 0 Å². The number of carbonyl (C=O) groups is 1. The van der Waals surface area contributed by atoms with Gasteiger partial charge >= 0.3 is 0 Å². The molecule has 0 bridgehead atoms. The zero-order chi connectivity index (χ0) is 22.7. The minimum atomic E-state index is -0.274. The summed E-state index contributed by atoms with van der Waals surface area (Å²) in [5, 5.41) is 12.9. The number of halogens is 1. The normalized spacial score (nSPS) is 12.0. The Morgan fingerprint density at radius 1 is 1.12 bits per heavy atom. The van der Waals surface area contributed by atoms with Gasteiger partial charge in [0.25, 0.3) is 0 Å². The molecule has 2 aromatic carbocycles. The van der Waals surface area contributed by atoms with Crippen molar-refractivity contribution in [3.05, 3.63) is 88.2 Å². The average Bonchev–Trinajstić information content (AvgIpc) is 3.36. The van der Waals surface area contributed by atoms with Gasteiger partial charge in [0.15, 0.2) is 10.1 Å². The van der Waals surface area contributed by atoms with E-state index < -0.39 is 0 Å². The highest BCUT2D eigenvalue weighted by Gasteiger charge is 2.23. The second-order valence-electron chi connectivity index (χ2n) is 7.43. The molecule has 5 nitrogen and oxygen atoms in total. The third-order valence-electron chi connectivity index (χ3n) is 5.12. The zero-order valence-corrected chi connectivity index (χ0v) is 20.4. The van der Waals surface area contributed by atoms with Gasteiger partial charge < -0.3 is 9.88 Å². The molecule has 1 N–H and O–H groups in total. The monoisotopic (exact) mass is 482 g/mol. The van der Waals surface area contributed by atoms with E-state index in [9.17, 15) is 4.79 Å². The van der Waals surface area contributed by atoms with Crippen molar-refractivity contribution < 1.29 is 4.79 Å². The Hall–Kier alpha value is -2.61. The highest BCUT2D eigenvalue weighted by Crippen LogP contribution is 2.32. The van der Waals surface area contributed by atoms with E-state index in [0.29, 0.717) is 11.6 Å². The van der Waals surface area contributed by atoms with Crippen LogP contribution in [0.25, 0.3) is 5.69 Å². The minimum absolute atomic E-state index is 0.0808. The topological polar surface area (TPSA) is 59.8 Å². The van der Waals surface area contributed by atoms with Crippen LogP contribution in [0, 0.1) is 13.8 Å². The second-order valence-corrected chi connectivity index (χ2v) is 10.4. The number of anilines is 1. The molecule has 2 heterocycles. The van der Waals surface area contributed by atoms with E-state index in [2.05, 4.69) is 32.2 Å². The first-order chi connectivity index (χ1) is 15.4. The third-order valence-corrected chi connectivity index (χ3v) is 7.44. The molecule has 0 fully saturated rings. The fraction of sp³-hybridized carbons (Fsp3) is 0.208. The summed E-state index contributed by atoms with van der Waals surface area (Å²) in [6, 6.07) is 19.7. The maximum absolute atomic E-state index is 13.2. The molecule has 1 atom stereocenters. The number of carbonyl (C=O) groups excluding carboxylic acids is 1. The molecule has 4 rings (SSSR count). The van der Waals surface area contributed by atoms with E-state index in [1.165, 1.54) is 28.7 Å². The number of nitrogens with zero attached hydrogens (tertiary/aromatic N) is 3. The van der Waals surface area contributed by atoms with Crippen molar-refractivity contribution in [3.8, 4) is 5.69 Å². The maximum Gasteiger partial charge on any atom is 0.206 e. The molecule has 0 radical (unpaired) electrons. The summed E-state index contributed by atoms with van der Waals surface area (Å²) in [6.45, 7) is 6.58. The summed E-state index contributed by atoms with van der Waals surface area (Å²) in [7, 11) is 0. The van der Waals surface area contributed by atoms with E-state index in [4.69, 9.17) is 11.6 Å². The van der Waals surface area contributed by atoms with Gasteiger partial charge in [-0.1, -0.05) is 65.0 Å². The van der Waals surface area contributed by atoms with E-state index in [1.54, 1.807) is 0 Å². The summed E-state index contributed by atoms with van der Waals surface area (Å²) < 4.78 is 2.85. The second kappa shape index (κ2) is 9.90. The lowest BCUT2D eigenvalue weighted by molar-refractivity contribution is 0.0993. The number of hydrogen-bond acceptors (Lipinski definition) is 6. The zero-order valence-electron chi connectivity index (χ0n) is 18.0. The molecule has 0 spiro atoms. The van der Waals surface area contributed by atoms with Gasteiger partial charge in [0, 0.05) is 34.2 Å². The van der Waals surface area contributed by atoms with Gasteiger partial charge in [-0.3, -0.25) is 4.79 Å². The molecular formula is C24H23ClN4OS2. The van der Waals surface area contributed by atoms with Crippen LogP contribution in [0.15, 0.2) is 65.0 Å². The van der Waals surface area contributed by atoms with Gasteiger partial charge in [0.05, 0.1) is 5.25 Å². The van der Waals surface area contributed by atoms with E-state index in [-0.39, 0.29) is 11.0 Å². The number of Topliss-reactive ketones (excluding diaryl/α,β-unsaturated/α-hetero) is 1. The number of rotatable bonds is 8. The first-order valence-corrected chi connectivity index (χ1v) is 12.3. The Bertz CT molecular complexity index is 1220. The van der Waals surface area contributed by atoms with Crippen LogP contribution in [0.3, 0.4) is 0 Å². The Labute approximate surface area is 200 Å². The predicted octanol–water partition coefficient (Wildman–Crippen LogP) is 6.57. The minimum Gasteiger partial charge on any atom is -0.356 e. The van der Waals surface area contributed by atoms with Gasteiger partial charge in [-0.05, 0) is 56.7 Å². The van der Waals surface area contributed by atoms with E-state index >= 15 is 0 Å². The molecule has 1 unspecified atom stereocenters. The first kappa shape index (κ1) is 22.6. The molecule has 2 aromatic heterocycles. The molecular weight excluding hydrogens is 460 g/mol. The van der Waals surface area contributed by atoms with Crippen LogP contribution >= 0.6 is 34.7 Å². The molecule has 164 valence electrons. The molecule has 0 saturated carbocycles. The lowest BCUT2D eigenvalue weighted by Gasteiger charge is -2.11. The first-order valence-electron chi connectivity index (χ1n) is 10.2. The van der Waals surface area contributed by atoms with E-state index in [0.717, 1.165) is 32.1 Å². The smallest absolute Gasteiger partial charge is 0.206 e. The van der Waals surface area contributed by atoms with Crippen LogP contribution in [0.4, 0.5) is 5.13 Å². The molecule has 0 saturated heterocycles. The third kappa shape index (κ3) is 5.06. The molecule has 32 heavy (non-hydrogen) atoms. The quantitative estimate of drug-likeness (QED) is 0.227. The maximum atomic E-state index is 13.2. The summed E-state index contributed by atoms with van der Waals surface area (Å²) in [6.07, 6.45) is 0. The summed E-state index contributed by atoms with van der Waals surface area (Å²) >= 11 is 8.93. The Morgan fingerprint density at radius 2 is 1.84 bits per heavy atom. The van der Waals surface area contributed by atoms with Crippen LogP contribution in [-0.4, -0.2) is 25.8 Å². The highest BCUT2D eigenvalue weighted by atomic mass is 35.5. The summed E-state index contributed by atoms with van der Waals surface area (Å²) in [4.78, 5) is 13.2. The number of benzene rings is 2. The molecule has 0 aliphatic carbocycles. The van der Waals surface area contributed by atoms with Crippen molar-refractivity contribution in [2.75, 3.05) is 5.32 Å². The van der Waals surface area contributed by atoms with Gasteiger partial charge in [-0.25, -0.2) is 0 Å². The SMILES string of the molecule is Cc1cc(C(=O)C(C)Sc2nnc(NCc3ccccc3)s2)c(C)n1-c1ccc(Cl)cc1. The molecule has 8 heteroatoms. The van der Waals surface area contributed by atoms with Crippen molar-refractivity contribution in [3.63, 3.8) is 0 Å². The Morgan fingerprint density at radius 3 is 2.56 bits per heavy atom. The average molecular weight is 483 g/mol. The Kier molecular flexibility index (Phi) is 6.98. The number of aryl methyl sites for hydroxylation is 1. The van der Waals surface area contributed by atoms with Crippen LogP contribution in [-0.2, 0) is 6.54 Å². The van der Waals surface area contributed by atoms with Gasteiger partial charge in [0.1, 0.15) is 0 Å². The number of thioether (sulfide) groups is 1. The fourth-order valence-corrected chi connectivity index (χ4v) is 5.61. The number of ketones is 1. The van der Waals surface area contributed by atoms with Crippen molar-refractivity contribution in [2.45, 2.75) is 36.9 Å². The van der Waals surface area contributed by atoms with Crippen LogP contribution < -0.4 is 5.32 Å². The number of nitrogens with one attached hydrogen (secondary N) is 1. The Balaban J connectivity index is 1.44. The van der Waals surface area contributed by atoms with Crippen molar-refractivity contribution >= 4 is 45.6 Å². The van der Waals surface area contributed by atoms with Crippen LogP contribution in [0.2, 0.25) is 5.02 Å². The van der Waals surface area contributed by atoms with Gasteiger partial charge in [-0.15, -0.1) is 10.2 Å². The standard InChI is InChI=1S/C24H23ClN4OS2/c1-15-13-21(16(2)29(15)20-11-9-19(25)10-12-20)22(30)17(3)31-24-28-27-23(32-24)26-14-18-7-5-4-6-8-18/h4-13,17H,14H2,1-3H3,(H,26,27).